The second kappa shape index (κ2) is 9.90. The Balaban J connectivity index is 0.00000225. The summed E-state index contributed by atoms with van der Waals surface area (Å²) in [5, 5.41) is 3.52. The quantitative estimate of drug-likeness (QED) is 0.323. The summed E-state index contributed by atoms with van der Waals surface area (Å²) >= 11 is 0. The summed E-state index contributed by atoms with van der Waals surface area (Å²) in [6.07, 6.45) is 3.27. The Morgan fingerprint density at radius 1 is 1.14 bits per heavy atom. The minimum Gasteiger partial charge on any atom is -0.379 e. The van der Waals surface area contributed by atoms with Crippen molar-refractivity contribution in [2.24, 2.45) is 16.8 Å². The van der Waals surface area contributed by atoms with E-state index < -0.39 is 0 Å². The summed E-state index contributed by atoms with van der Waals surface area (Å²) in [6, 6.07) is 0. The van der Waals surface area contributed by atoms with E-state index >= 15 is 0 Å². The number of likely N-dealkylation sites (tertiary alicyclic amines) is 1. The van der Waals surface area contributed by atoms with Gasteiger partial charge < -0.3 is 24.6 Å². The summed E-state index contributed by atoms with van der Waals surface area (Å²) in [5.74, 6) is 2.16. The molecule has 160 valence electrons. The Morgan fingerprint density at radius 3 is 2.39 bits per heavy atom. The number of halogens is 1. The molecule has 4 fully saturated rings. The van der Waals surface area contributed by atoms with E-state index in [-0.39, 0.29) is 36.4 Å². The number of fused-ring (bicyclic) bond motifs is 5. The van der Waals surface area contributed by atoms with Crippen LogP contribution in [0.25, 0.3) is 0 Å². The highest BCUT2D eigenvalue weighted by molar-refractivity contribution is 14.0. The predicted molar refractivity (Wildman–Crippen MR) is 118 cm³/mol. The normalized spacial score (nSPS) is 32.2. The van der Waals surface area contributed by atoms with Crippen LogP contribution in [0.1, 0.15) is 12.8 Å². The first-order valence-electron chi connectivity index (χ1n) is 10.3. The van der Waals surface area contributed by atoms with Gasteiger partial charge in [0, 0.05) is 65.2 Å². The molecule has 0 radical (unpaired) electrons. The fourth-order valence-corrected chi connectivity index (χ4v) is 4.84. The number of guanidine groups is 1. The van der Waals surface area contributed by atoms with Crippen LogP contribution in [0.2, 0.25) is 0 Å². The van der Waals surface area contributed by atoms with Gasteiger partial charge in [-0.2, -0.15) is 0 Å². The lowest BCUT2D eigenvalue weighted by atomic mass is 9.82. The second-order valence-electron chi connectivity index (χ2n) is 8.33. The number of nitrogens with one attached hydrogen (secondary N) is 1. The predicted octanol–water partition coefficient (Wildman–Crippen LogP) is 0.0796. The average Bonchev–Trinajstić information content (AvgIpc) is 3.38. The molecule has 0 aromatic carbocycles. The SMILES string of the molecule is CN(C)C(=O)CN=C(NCCN1CCOCC1)N1CC2C3CCC(O3)C2C1.I. The van der Waals surface area contributed by atoms with Crippen molar-refractivity contribution in [3.63, 3.8) is 0 Å². The molecule has 4 saturated heterocycles. The van der Waals surface area contributed by atoms with E-state index in [1.54, 1.807) is 19.0 Å². The van der Waals surface area contributed by atoms with Gasteiger partial charge in [0.1, 0.15) is 6.54 Å². The standard InChI is InChI=1S/C19H33N5O3.HI/c1-22(2)18(25)11-21-19(20-5-6-23-7-9-26-10-8-23)24-12-14-15(13-24)17-4-3-16(14)27-17;/h14-17H,3-13H2,1-2H3,(H,20,21);1H. The molecular weight excluding hydrogens is 473 g/mol. The van der Waals surface area contributed by atoms with Gasteiger partial charge in [-0.15, -0.1) is 24.0 Å². The Bertz CT molecular complexity index is 552. The highest BCUT2D eigenvalue weighted by Gasteiger charge is 2.53. The monoisotopic (exact) mass is 507 g/mol. The average molecular weight is 507 g/mol. The molecular formula is C19H34IN5O3. The number of carbonyl (C=O) groups is 1. The van der Waals surface area contributed by atoms with Gasteiger partial charge in [-0.25, -0.2) is 4.99 Å². The number of carbonyl (C=O) groups excluding carboxylic acids is 1. The van der Waals surface area contributed by atoms with Gasteiger partial charge in [-0.1, -0.05) is 0 Å². The summed E-state index contributed by atoms with van der Waals surface area (Å²) in [6.45, 7) is 7.60. The number of aliphatic imine (C=N–C) groups is 1. The first-order valence-corrected chi connectivity index (χ1v) is 10.3. The van der Waals surface area contributed by atoms with E-state index in [1.165, 1.54) is 12.8 Å². The van der Waals surface area contributed by atoms with Gasteiger partial charge in [-0.3, -0.25) is 9.69 Å². The van der Waals surface area contributed by atoms with E-state index in [0.717, 1.165) is 58.4 Å². The van der Waals surface area contributed by atoms with Crippen LogP contribution < -0.4 is 5.32 Å². The molecule has 0 saturated carbocycles. The molecule has 4 rings (SSSR count). The van der Waals surface area contributed by atoms with E-state index in [2.05, 4.69) is 20.1 Å². The molecule has 0 aromatic rings. The molecule has 9 heteroatoms. The minimum absolute atomic E-state index is 0. The van der Waals surface area contributed by atoms with Crippen molar-refractivity contribution >= 4 is 35.8 Å². The summed E-state index contributed by atoms with van der Waals surface area (Å²) in [5.41, 5.74) is 0. The molecule has 8 nitrogen and oxygen atoms in total. The van der Waals surface area contributed by atoms with Crippen molar-refractivity contribution in [3.8, 4) is 0 Å². The lowest BCUT2D eigenvalue weighted by Gasteiger charge is -2.28. The number of morpholine rings is 1. The summed E-state index contributed by atoms with van der Waals surface area (Å²) < 4.78 is 11.5. The van der Waals surface area contributed by atoms with Crippen LogP contribution in [0, 0.1) is 11.8 Å². The molecule has 1 N–H and O–H groups in total. The first kappa shape index (κ1) is 22.0. The first-order chi connectivity index (χ1) is 13.1. The highest BCUT2D eigenvalue weighted by atomic mass is 127. The Morgan fingerprint density at radius 2 is 1.79 bits per heavy atom. The number of hydrogen-bond donors (Lipinski definition) is 1. The number of ether oxygens (including phenoxy) is 2. The topological polar surface area (TPSA) is 69.6 Å². The van der Waals surface area contributed by atoms with Gasteiger partial charge in [0.25, 0.3) is 0 Å². The smallest absolute Gasteiger partial charge is 0.243 e. The van der Waals surface area contributed by atoms with Gasteiger partial charge in [0.2, 0.25) is 5.91 Å². The van der Waals surface area contributed by atoms with Crippen LogP contribution in [0.15, 0.2) is 4.99 Å². The van der Waals surface area contributed by atoms with Crippen LogP contribution in [-0.4, -0.2) is 112 Å². The molecule has 0 aliphatic carbocycles. The molecule has 4 aliphatic rings. The third kappa shape index (κ3) is 4.91. The van der Waals surface area contributed by atoms with Crippen molar-refractivity contribution in [3.05, 3.63) is 0 Å². The molecule has 28 heavy (non-hydrogen) atoms. The molecule has 2 bridgehead atoms. The van der Waals surface area contributed by atoms with Crippen molar-refractivity contribution in [2.75, 3.05) is 73.1 Å². The van der Waals surface area contributed by atoms with Crippen molar-refractivity contribution in [1.29, 1.82) is 0 Å². The number of nitrogens with zero attached hydrogens (tertiary/aromatic N) is 4. The van der Waals surface area contributed by atoms with E-state index in [1.807, 2.05) is 0 Å². The van der Waals surface area contributed by atoms with E-state index in [9.17, 15) is 4.79 Å². The molecule has 4 aliphatic heterocycles. The van der Waals surface area contributed by atoms with Crippen LogP contribution in [-0.2, 0) is 14.3 Å². The Hall–Kier alpha value is -0.650. The maximum absolute atomic E-state index is 12.0. The molecule has 0 spiro atoms. The number of amides is 1. The zero-order valence-corrected chi connectivity index (χ0v) is 19.3. The third-order valence-corrected chi connectivity index (χ3v) is 6.43. The highest BCUT2D eigenvalue weighted by Crippen LogP contribution is 2.47. The molecule has 4 unspecified atom stereocenters. The van der Waals surface area contributed by atoms with E-state index in [4.69, 9.17) is 9.47 Å². The van der Waals surface area contributed by atoms with Gasteiger partial charge in [0.15, 0.2) is 5.96 Å². The lowest BCUT2D eigenvalue weighted by molar-refractivity contribution is -0.127. The van der Waals surface area contributed by atoms with Crippen LogP contribution >= 0.6 is 24.0 Å². The van der Waals surface area contributed by atoms with Crippen LogP contribution in [0.4, 0.5) is 0 Å². The zero-order valence-electron chi connectivity index (χ0n) is 17.0. The maximum Gasteiger partial charge on any atom is 0.243 e. The number of rotatable bonds is 5. The number of likely N-dealkylation sites (N-methyl/N-ethyl adjacent to an activating group) is 1. The van der Waals surface area contributed by atoms with Crippen molar-refractivity contribution in [1.82, 2.24) is 20.0 Å². The summed E-state index contributed by atoms with van der Waals surface area (Å²) in [7, 11) is 3.55. The Kier molecular flexibility index (Phi) is 7.80. The second-order valence-corrected chi connectivity index (χ2v) is 8.33. The van der Waals surface area contributed by atoms with E-state index in [0.29, 0.717) is 24.0 Å². The maximum atomic E-state index is 12.0. The van der Waals surface area contributed by atoms with Gasteiger partial charge in [-0.05, 0) is 12.8 Å². The minimum atomic E-state index is 0. The molecule has 0 aromatic heterocycles. The number of hydrogen-bond acceptors (Lipinski definition) is 5. The third-order valence-electron chi connectivity index (χ3n) is 6.43. The lowest BCUT2D eigenvalue weighted by Crippen LogP contribution is -2.46. The molecule has 1 amide bonds. The van der Waals surface area contributed by atoms with Crippen molar-refractivity contribution < 1.29 is 14.3 Å². The largest absolute Gasteiger partial charge is 0.379 e. The van der Waals surface area contributed by atoms with Crippen molar-refractivity contribution in [2.45, 2.75) is 25.0 Å². The molecule has 4 atom stereocenters. The zero-order chi connectivity index (χ0) is 18.8. The van der Waals surface area contributed by atoms with Gasteiger partial charge >= 0.3 is 0 Å². The Labute approximate surface area is 185 Å². The van der Waals surface area contributed by atoms with Crippen LogP contribution in [0.5, 0.6) is 0 Å². The fourth-order valence-electron chi connectivity index (χ4n) is 4.84. The van der Waals surface area contributed by atoms with Gasteiger partial charge in [0.05, 0.1) is 25.4 Å². The molecule has 4 heterocycles. The fraction of sp³-hybridized carbons (Fsp3) is 0.895. The summed E-state index contributed by atoms with van der Waals surface area (Å²) in [4.78, 5) is 23.0. The van der Waals surface area contributed by atoms with Crippen LogP contribution in [0.3, 0.4) is 0 Å².